The molecule has 2 amide bonds. The van der Waals surface area contributed by atoms with Crippen molar-refractivity contribution in [3.8, 4) is 11.1 Å². The van der Waals surface area contributed by atoms with E-state index in [1.807, 2.05) is 31.2 Å². The van der Waals surface area contributed by atoms with Crippen molar-refractivity contribution in [2.24, 2.45) is 0 Å². The number of ether oxygens (including phenoxy) is 1. The van der Waals surface area contributed by atoms with Crippen LogP contribution in [0.25, 0.3) is 11.1 Å². The summed E-state index contributed by atoms with van der Waals surface area (Å²) in [6, 6.07) is 15.2. The predicted octanol–water partition coefficient (Wildman–Crippen LogP) is 4.60. The second kappa shape index (κ2) is 10.3. The summed E-state index contributed by atoms with van der Waals surface area (Å²) in [5.41, 5.74) is 3.37. The molecule has 0 aliphatic heterocycles. The summed E-state index contributed by atoms with van der Waals surface area (Å²) in [6.07, 6.45) is 3.76. The quantitative estimate of drug-likeness (QED) is 0.530. The minimum atomic E-state index is -1.15. The van der Waals surface area contributed by atoms with E-state index in [0.717, 1.165) is 41.5 Å². The Bertz CT molecular complexity index is 1010. The Morgan fingerprint density at radius 3 is 2.15 bits per heavy atom. The zero-order chi connectivity index (χ0) is 24.1. The van der Waals surface area contributed by atoms with Gasteiger partial charge in [-0.1, -0.05) is 81.1 Å². The summed E-state index contributed by atoms with van der Waals surface area (Å²) >= 11 is 0. The summed E-state index contributed by atoms with van der Waals surface area (Å²) in [4.78, 5) is 37.7. The lowest BCUT2D eigenvalue weighted by atomic mass is 9.80. The van der Waals surface area contributed by atoms with Crippen molar-refractivity contribution >= 4 is 18.0 Å². The van der Waals surface area contributed by atoms with Gasteiger partial charge in [0.2, 0.25) is 5.91 Å². The van der Waals surface area contributed by atoms with Gasteiger partial charge in [-0.3, -0.25) is 4.79 Å². The van der Waals surface area contributed by atoms with Gasteiger partial charge in [-0.25, -0.2) is 9.59 Å². The zero-order valence-electron chi connectivity index (χ0n) is 19.5. The van der Waals surface area contributed by atoms with Gasteiger partial charge in [-0.15, -0.1) is 0 Å². The number of hydrogen-bond acceptors (Lipinski definition) is 4. The fraction of sp³-hybridized carbons (Fsp3) is 0.444. The smallest absolute Gasteiger partial charge is 0.408 e. The number of hydrogen-bond donors (Lipinski definition) is 3. The number of benzene rings is 2. The van der Waals surface area contributed by atoms with Crippen LogP contribution >= 0.6 is 0 Å². The van der Waals surface area contributed by atoms with Gasteiger partial charge in [0.15, 0.2) is 0 Å². The lowest BCUT2D eigenvalue weighted by molar-refractivity contribution is -0.143. The van der Waals surface area contributed by atoms with Crippen LogP contribution in [-0.2, 0) is 14.3 Å². The Labute approximate surface area is 199 Å². The fourth-order valence-corrected chi connectivity index (χ4v) is 5.24. The fourth-order valence-electron chi connectivity index (χ4n) is 5.24. The normalized spacial score (nSPS) is 17.2. The molecule has 1 fully saturated rings. The van der Waals surface area contributed by atoms with E-state index in [-0.39, 0.29) is 12.5 Å². The van der Waals surface area contributed by atoms with Crippen molar-refractivity contribution in [2.45, 2.75) is 69.4 Å². The van der Waals surface area contributed by atoms with E-state index in [1.165, 1.54) is 0 Å². The van der Waals surface area contributed by atoms with E-state index < -0.39 is 29.6 Å². The number of carbonyl (C=O) groups excluding carboxylic acids is 2. The minimum Gasteiger partial charge on any atom is -0.480 e. The van der Waals surface area contributed by atoms with Crippen molar-refractivity contribution in [3.05, 3.63) is 59.7 Å². The number of alkyl carbamates (subject to hydrolysis) is 1. The molecule has 0 saturated heterocycles. The Hall–Kier alpha value is -3.35. The third-order valence-corrected chi connectivity index (χ3v) is 7.01. The number of rotatable bonds is 8. The van der Waals surface area contributed by atoms with Crippen molar-refractivity contribution in [1.82, 2.24) is 10.6 Å². The molecule has 1 saturated carbocycles. The number of carboxylic acid groups (broad SMARTS) is 1. The average molecular weight is 465 g/mol. The first kappa shape index (κ1) is 23.8. The lowest BCUT2D eigenvalue weighted by Gasteiger charge is -2.37. The highest BCUT2D eigenvalue weighted by molar-refractivity contribution is 5.93. The van der Waals surface area contributed by atoms with E-state index in [0.29, 0.717) is 25.7 Å². The third kappa shape index (κ3) is 4.79. The van der Waals surface area contributed by atoms with Crippen molar-refractivity contribution in [3.63, 3.8) is 0 Å². The van der Waals surface area contributed by atoms with Crippen LogP contribution in [0.3, 0.4) is 0 Å². The van der Waals surface area contributed by atoms with Crippen LogP contribution in [0.4, 0.5) is 4.79 Å². The Morgan fingerprint density at radius 2 is 1.59 bits per heavy atom. The molecule has 0 spiro atoms. The number of fused-ring (bicyclic) bond motifs is 3. The molecule has 0 radical (unpaired) electrons. The van der Waals surface area contributed by atoms with Crippen molar-refractivity contribution in [1.29, 1.82) is 0 Å². The van der Waals surface area contributed by atoms with E-state index in [9.17, 15) is 19.5 Å². The first-order valence-corrected chi connectivity index (χ1v) is 12.1. The van der Waals surface area contributed by atoms with E-state index in [4.69, 9.17) is 4.74 Å². The van der Waals surface area contributed by atoms with Crippen molar-refractivity contribution in [2.75, 3.05) is 6.61 Å². The van der Waals surface area contributed by atoms with Gasteiger partial charge in [0.1, 0.15) is 18.2 Å². The van der Waals surface area contributed by atoms with Crippen LogP contribution in [0.5, 0.6) is 0 Å². The van der Waals surface area contributed by atoms with E-state index in [2.05, 4.69) is 34.9 Å². The van der Waals surface area contributed by atoms with E-state index in [1.54, 1.807) is 0 Å². The van der Waals surface area contributed by atoms with Gasteiger partial charge in [0.25, 0.3) is 0 Å². The molecule has 4 rings (SSSR count). The van der Waals surface area contributed by atoms with Crippen LogP contribution in [0.15, 0.2) is 48.5 Å². The second-order valence-electron chi connectivity index (χ2n) is 9.25. The Balaban J connectivity index is 1.46. The maximum atomic E-state index is 13.2. The Kier molecular flexibility index (Phi) is 7.20. The lowest BCUT2D eigenvalue weighted by Crippen LogP contribution is -2.62. The van der Waals surface area contributed by atoms with Crippen LogP contribution in [0, 0.1) is 0 Å². The highest BCUT2D eigenvalue weighted by atomic mass is 16.5. The number of amides is 2. The molecule has 2 aromatic rings. The summed E-state index contributed by atoms with van der Waals surface area (Å²) in [5, 5.41) is 14.9. The molecule has 0 heterocycles. The summed E-state index contributed by atoms with van der Waals surface area (Å²) in [6.45, 7) is 2.03. The minimum absolute atomic E-state index is 0.0739. The SMILES string of the molecule is CCCC(NC(=O)C1(NC(=O)OCC2c3ccccc3-c3ccccc32)CCCCC1)C(=O)O. The number of carboxylic acids is 1. The van der Waals surface area contributed by atoms with Crippen LogP contribution in [0.1, 0.15) is 68.9 Å². The third-order valence-electron chi connectivity index (χ3n) is 7.01. The molecule has 180 valence electrons. The maximum Gasteiger partial charge on any atom is 0.408 e. The van der Waals surface area contributed by atoms with Gasteiger partial charge >= 0.3 is 12.1 Å². The van der Waals surface area contributed by atoms with Gasteiger partial charge in [0, 0.05) is 5.92 Å². The molecule has 2 aliphatic carbocycles. The van der Waals surface area contributed by atoms with Crippen LogP contribution in [0.2, 0.25) is 0 Å². The zero-order valence-corrected chi connectivity index (χ0v) is 19.5. The average Bonchev–Trinajstić information content (AvgIpc) is 3.16. The van der Waals surface area contributed by atoms with Crippen molar-refractivity contribution < 1.29 is 24.2 Å². The van der Waals surface area contributed by atoms with Gasteiger partial charge in [-0.05, 0) is 41.5 Å². The number of aliphatic carboxylic acids is 1. The highest BCUT2D eigenvalue weighted by Crippen LogP contribution is 2.44. The molecule has 7 nitrogen and oxygen atoms in total. The highest BCUT2D eigenvalue weighted by Gasteiger charge is 2.43. The number of carbonyl (C=O) groups is 3. The largest absolute Gasteiger partial charge is 0.480 e. The van der Waals surface area contributed by atoms with Gasteiger partial charge in [-0.2, -0.15) is 0 Å². The number of nitrogens with one attached hydrogen (secondary N) is 2. The van der Waals surface area contributed by atoms with Crippen LogP contribution in [-0.4, -0.2) is 41.3 Å². The Morgan fingerprint density at radius 1 is 1.00 bits per heavy atom. The standard InChI is InChI=1S/C27H32N2O5/c1-2-10-23(24(30)31)28-25(32)27(15-8-3-9-16-27)29-26(33)34-17-22-20-13-6-4-11-18(20)19-12-5-7-14-21(19)22/h4-7,11-14,22-23H,2-3,8-10,15-17H2,1H3,(H,28,32)(H,29,33)(H,30,31). The summed E-state index contributed by atoms with van der Waals surface area (Å²) in [7, 11) is 0. The predicted molar refractivity (Wildman–Crippen MR) is 128 cm³/mol. The topological polar surface area (TPSA) is 105 Å². The molecule has 0 aromatic heterocycles. The summed E-state index contributed by atoms with van der Waals surface area (Å²) < 4.78 is 5.67. The summed E-state index contributed by atoms with van der Waals surface area (Å²) in [5.74, 6) is -1.58. The molecule has 7 heteroatoms. The monoisotopic (exact) mass is 464 g/mol. The molecule has 2 aromatic carbocycles. The molecule has 1 unspecified atom stereocenters. The van der Waals surface area contributed by atoms with Crippen LogP contribution < -0.4 is 10.6 Å². The molecule has 2 aliphatic rings. The molecule has 3 N–H and O–H groups in total. The maximum absolute atomic E-state index is 13.2. The van der Waals surface area contributed by atoms with Gasteiger partial charge < -0.3 is 20.5 Å². The molecular formula is C27H32N2O5. The molecule has 0 bridgehead atoms. The molecular weight excluding hydrogens is 432 g/mol. The first-order chi connectivity index (χ1) is 16.4. The van der Waals surface area contributed by atoms with Gasteiger partial charge in [0.05, 0.1) is 0 Å². The van der Waals surface area contributed by atoms with E-state index >= 15 is 0 Å². The molecule has 34 heavy (non-hydrogen) atoms. The molecule has 1 atom stereocenters. The second-order valence-corrected chi connectivity index (χ2v) is 9.25. The first-order valence-electron chi connectivity index (χ1n) is 12.1.